The number of rotatable bonds is 4. The highest BCUT2D eigenvalue weighted by Gasteiger charge is 2.35. The van der Waals surface area contributed by atoms with E-state index in [2.05, 4.69) is 26.5 Å². The van der Waals surface area contributed by atoms with Crippen molar-refractivity contribution >= 4 is 39.6 Å². The lowest BCUT2D eigenvalue weighted by molar-refractivity contribution is -0.126. The first kappa shape index (κ1) is 17.3. The van der Waals surface area contributed by atoms with Gasteiger partial charge in [0.1, 0.15) is 5.82 Å². The fourth-order valence-electron chi connectivity index (χ4n) is 2.59. The number of amides is 2. The third-order valence-corrected chi connectivity index (χ3v) is 4.40. The SMILES string of the molecule is O=C(NN=Cc1ccc(Br)cc1)C1CC(=O)N(c2cccc(F)c2)C1. The highest BCUT2D eigenvalue weighted by atomic mass is 79.9. The maximum absolute atomic E-state index is 13.3. The minimum atomic E-state index is -0.516. The number of hydrazone groups is 1. The Labute approximate surface area is 152 Å². The topological polar surface area (TPSA) is 61.8 Å². The smallest absolute Gasteiger partial charge is 0.245 e. The number of nitrogens with zero attached hydrogens (tertiary/aromatic N) is 2. The van der Waals surface area contributed by atoms with Crippen molar-refractivity contribution in [2.24, 2.45) is 11.0 Å². The van der Waals surface area contributed by atoms with Crippen molar-refractivity contribution in [3.05, 3.63) is 64.4 Å². The van der Waals surface area contributed by atoms with Gasteiger partial charge in [0, 0.05) is 23.1 Å². The Balaban J connectivity index is 1.60. The Morgan fingerprint density at radius 2 is 2.04 bits per heavy atom. The summed E-state index contributed by atoms with van der Waals surface area (Å²) in [6.07, 6.45) is 1.61. The van der Waals surface area contributed by atoms with Crippen LogP contribution in [0.2, 0.25) is 0 Å². The molecule has 0 aliphatic carbocycles. The molecule has 0 radical (unpaired) electrons. The first-order valence-corrected chi connectivity index (χ1v) is 8.46. The minimum Gasteiger partial charge on any atom is -0.311 e. The molecule has 2 aromatic rings. The number of benzene rings is 2. The molecule has 1 heterocycles. The first-order valence-electron chi connectivity index (χ1n) is 7.67. The van der Waals surface area contributed by atoms with Gasteiger partial charge in [-0.2, -0.15) is 5.10 Å². The Kier molecular flexibility index (Phi) is 5.23. The molecule has 1 aliphatic rings. The molecule has 2 aromatic carbocycles. The monoisotopic (exact) mass is 403 g/mol. The molecule has 1 saturated heterocycles. The predicted molar refractivity (Wildman–Crippen MR) is 96.7 cm³/mol. The normalized spacial score (nSPS) is 17.3. The Morgan fingerprint density at radius 3 is 2.76 bits per heavy atom. The van der Waals surface area contributed by atoms with Crippen LogP contribution in [0.4, 0.5) is 10.1 Å². The number of nitrogens with one attached hydrogen (secondary N) is 1. The van der Waals surface area contributed by atoms with Gasteiger partial charge in [-0.15, -0.1) is 0 Å². The molecule has 0 saturated carbocycles. The third kappa shape index (κ3) is 4.30. The number of halogens is 2. The molecule has 0 spiro atoms. The summed E-state index contributed by atoms with van der Waals surface area (Å²) in [5.74, 6) is -1.47. The number of anilines is 1. The highest BCUT2D eigenvalue weighted by Crippen LogP contribution is 2.25. The zero-order valence-electron chi connectivity index (χ0n) is 13.2. The van der Waals surface area contributed by atoms with Gasteiger partial charge in [0.05, 0.1) is 12.1 Å². The summed E-state index contributed by atoms with van der Waals surface area (Å²) in [5, 5.41) is 3.92. The molecule has 7 heteroatoms. The van der Waals surface area contributed by atoms with E-state index >= 15 is 0 Å². The van der Waals surface area contributed by atoms with Crippen LogP contribution in [-0.4, -0.2) is 24.6 Å². The Morgan fingerprint density at radius 1 is 1.28 bits per heavy atom. The van der Waals surface area contributed by atoms with Crippen molar-refractivity contribution in [2.75, 3.05) is 11.4 Å². The highest BCUT2D eigenvalue weighted by molar-refractivity contribution is 9.10. The van der Waals surface area contributed by atoms with Gasteiger partial charge in [-0.05, 0) is 35.9 Å². The molecular formula is C18H15BrFN3O2. The lowest BCUT2D eigenvalue weighted by Gasteiger charge is -2.16. The predicted octanol–water partition coefficient (Wildman–Crippen LogP) is 3.09. The maximum atomic E-state index is 13.3. The zero-order chi connectivity index (χ0) is 17.8. The average Bonchev–Trinajstić information content (AvgIpc) is 2.98. The van der Waals surface area contributed by atoms with Crippen LogP contribution in [0.5, 0.6) is 0 Å². The number of hydrogen-bond donors (Lipinski definition) is 1. The van der Waals surface area contributed by atoms with Crippen molar-refractivity contribution in [3.63, 3.8) is 0 Å². The molecule has 1 aliphatic heterocycles. The lowest BCUT2D eigenvalue weighted by Crippen LogP contribution is -2.30. The van der Waals surface area contributed by atoms with E-state index in [1.54, 1.807) is 6.07 Å². The van der Waals surface area contributed by atoms with Crippen molar-refractivity contribution in [1.29, 1.82) is 0 Å². The lowest BCUT2D eigenvalue weighted by atomic mass is 10.1. The summed E-state index contributed by atoms with van der Waals surface area (Å²) >= 11 is 3.34. The molecule has 1 unspecified atom stereocenters. The van der Waals surface area contributed by atoms with Gasteiger partial charge in [-0.25, -0.2) is 9.82 Å². The Bertz CT molecular complexity index is 823. The summed E-state index contributed by atoms with van der Waals surface area (Å²) in [6.45, 7) is 0.210. The quantitative estimate of drug-likeness (QED) is 0.629. The summed E-state index contributed by atoms with van der Waals surface area (Å²) in [5.41, 5.74) is 3.75. The van der Waals surface area contributed by atoms with Crippen LogP contribution in [0, 0.1) is 11.7 Å². The molecule has 0 aromatic heterocycles. The second-order valence-electron chi connectivity index (χ2n) is 5.67. The first-order chi connectivity index (χ1) is 12.0. The van der Waals surface area contributed by atoms with Crippen LogP contribution in [0.3, 0.4) is 0 Å². The molecule has 1 atom stereocenters. The van der Waals surface area contributed by atoms with E-state index in [0.717, 1.165) is 10.0 Å². The van der Waals surface area contributed by atoms with Crippen molar-refractivity contribution in [3.8, 4) is 0 Å². The molecule has 5 nitrogen and oxygen atoms in total. The standard InChI is InChI=1S/C18H15BrFN3O2/c19-14-6-4-12(5-7-14)10-21-22-18(25)13-8-17(24)23(11-13)16-3-1-2-15(20)9-16/h1-7,9-10,13H,8,11H2,(H,22,25). The summed E-state index contributed by atoms with van der Waals surface area (Å²) in [4.78, 5) is 25.7. The summed E-state index contributed by atoms with van der Waals surface area (Å²) in [7, 11) is 0. The van der Waals surface area contributed by atoms with E-state index in [9.17, 15) is 14.0 Å². The molecular weight excluding hydrogens is 389 g/mol. The van der Waals surface area contributed by atoms with Gasteiger partial charge in [-0.3, -0.25) is 9.59 Å². The van der Waals surface area contributed by atoms with E-state index in [1.165, 1.54) is 29.3 Å². The van der Waals surface area contributed by atoms with Crippen LogP contribution in [-0.2, 0) is 9.59 Å². The molecule has 1 fully saturated rings. The van der Waals surface area contributed by atoms with Gasteiger partial charge >= 0.3 is 0 Å². The second kappa shape index (κ2) is 7.57. The average molecular weight is 404 g/mol. The number of hydrogen-bond acceptors (Lipinski definition) is 3. The van der Waals surface area contributed by atoms with E-state index in [1.807, 2.05) is 24.3 Å². The van der Waals surface area contributed by atoms with Gasteiger partial charge in [0.15, 0.2) is 0 Å². The van der Waals surface area contributed by atoms with E-state index in [4.69, 9.17) is 0 Å². The van der Waals surface area contributed by atoms with Gasteiger partial charge in [-0.1, -0.05) is 34.1 Å². The number of carbonyl (C=O) groups excluding carboxylic acids is 2. The fraction of sp³-hybridized carbons (Fsp3) is 0.167. The van der Waals surface area contributed by atoms with Crippen molar-refractivity contribution in [2.45, 2.75) is 6.42 Å². The molecule has 3 rings (SSSR count). The Hall–Kier alpha value is -2.54. The molecule has 1 N–H and O–H groups in total. The van der Waals surface area contributed by atoms with Crippen LogP contribution < -0.4 is 10.3 Å². The van der Waals surface area contributed by atoms with Crippen LogP contribution >= 0.6 is 15.9 Å². The third-order valence-electron chi connectivity index (χ3n) is 3.87. The fourth-order valence-corrected chi connectivity index (χ4v) is 2.85. The maximum Gasteiger partial charge on any atom is 0.245 e. The molecule has 2 amide bonds. The molecule has 128 valence electrons. The van der Waals surface area contributed by atoms with Crippen LogP contribution in [0.1, 0.15) is 12.0 Å². The number of carbonyl (C=O) groups is 2. The minimum absolute atomic E-state index is 0.0795. The van der Waals surface area contributed by atoms with Gasteiger partial charge in [0.25, 0.3) is 0 Å². The van der Waals surface area contributed by atoms with E-state index in [-0.39, 0.29) is 24.8 Å². The molecule has 25 heavy (non-hydrogen) atoms. The largest absolute Gasteiger partial charge is 0.311 e. The zero-order valence-corrected chi connectivity index (χ0v) is 14.7. The second-order valence-corrected chi connectivity index (χ2v) is 6.59. The van der Waals surface area contributed by atoms with E-state index < -0.39 is 11.7 Å². The van der Waals surface area contributed by atoms with Crippen LogP contribution in [0.25, 0.3) is 0 Å². The van der Waals surface area contributed by atoms with Crippen LogP contribution in [0.15, 0.2) is 58.1 Å². The summed E-state index contributed by atoms with van der Waals surface area (Å²) in [6, 6.07) is 13.2. The molecule has 0 bridgehead atoms. The van der Waals surface area contributed by atoms with Crippen molar-refractivity contribution in [1.82, 2.24) is 5.43 Å². The van der Waals surface area contributed by atoms with E-state index in [0.29, 0.717) is 5.69 Å². The summed E-state index contributed by atoms with van der Waals surface area (Å²) < 4.78 is 14.3. The van der Waals surface area contributed by atoms with Gasteiger partial charge in [0.2, 0.25) is 11.8 Å². The van der Waals surface area contributed by atoms with Crippen molar-refractivity contribution < 1.29 is 14.0 Å². The van der Waals surface area contributed by atoms with Gasteiger partial charge < -0.3 is 4.90 Å².